The Hall–Kier alpha value is -0.930. The first-order valence-electron chi connectivity index (χ1n) is 1.25. The van der Waals surface area contributed by atoms with E-state index in [0.717, 1.165) is 6.08 Å². The number of aliphatic imine (C=N–C) groups is 1. The Morgan fingerprint density at radius 1 is 1.57 bits per heavy atom. The second-order valence-corrected chi connectivity index (χ2v) is 1.32. The summed E-state index contributed by atoms with van der Waals surface area (Å²) in [4.78, 5) is 11.7. The molecular formula is C2HNO3S. The minimum absolute atomic E-state index is 0.465. The summed E-state index contributed by atoms with van der Waals surface area (Å²) in [6, 6.07) is 0. The second-order valence-electron chi connectivity index (χ2n) is 0.586. The smallest absolute Gasteiger partial charge is 0.211 e. The van der Waals surface area contributed by atoms with Crippen molar-refractivity contribution >= 4 is 21.9 Å². The minimum Gasteiger partial charge on any atom is -0.211 e. The molecule has 0 heterocycles. The van der Waals surface area contributed by atoms with E-state index in [-0.39, 0.29) is 0 Å². The van der Waals surface area contributed by atoms with Crippen LogP contribution < -0.4 is 0 Å². The van der Waals surface area contributed by atoms with E-state index < -0.39 is 10.3 Å². The zero-order chi connectivity index (χ0) is 5.70. The molecular weight excluding hydrogens is 118 g/mol. The van der Waals surface area contributed by atoms with Gasteiger partial charge in [0.15, 0.2) is 5.49 Å². The molecule has 0 rings (SSSR count). The standard InChI is InChI=1S/C2HNO3S/c4-1-3-2-7(5)6/h2H. The maximum Gasteiger partial charge on any atom is 0.240 e. The normalized spacial score (nSPS) is 6.29. The highest BCUT2D eigenvalue weighted by Crippen LogP contribution is 1.43. The van der Waals surface area contributed by atoms with Crippen molar-refractivity contribution in [1.29, 1.82) is 0 Å². The number of carbonyl (C=O) groups excluding carboxylic acids is 1. The number of isocyanates is 1. The molecule has 0 aromatic rings. The first-order valence-corrected chi connectivity index (χ1v) is 2.39. The summed E-state index contributed by atoms with van der Waals surface area (Å²) in [5.74, 6) is 0. The SMILES string of the molecule is O=C=NC=S(=O)=O. The molecule has 0 fully saturated rings. The van der Waals surface area contributed by atoms with E-state index in [0.29, 0.717) is 5.49 Å². The molecule has 0 radical (unpaired) electrons. The Morgan fingerprint density at radius 3 is 2.29 bits per heavy atom. The molecule has 0 saturated carbocycles. The van der Waals surface area contributed by atoms with E-state index >= 15 is 0 Å². The van der Waals surface area contributed by atoms with Crippen LogP contribution in [0, 0.1) is 0 Å². The summed E-state index contributed by atoms with van der Waals surface area (Å²) < 4.78 is 18.9. The Morgan fingerprint density at radius 2 is 2.14 bits per heavy atom. The molecule has 0 bridgehead atoms. The number of hydrogen-bond acceptors (Lipinski definition) is 3. The molecule has 5 heteroatoms. The molecule has 0 aliphatic carbocycles. The van der Waals surface area contributed by atoms with Crippen molar-refractivity contribution in [3.05, 3.63) is 0 Å². The first-order chi connectivity index (χ1) is 3.27. The van der Waals surface area contributed by atoms with Crippen molar-refractivity contribution < 1.29 is 13.2 Å². The van der Waals surface area contributed by atoms with E-state index in [1.807, 2.05) is 0 Å². The third-order valence-corrected chi connectivity index (χ3v) is 0.469. The third kappa shape index (κ3) is 5.07. The Kier molecular flexibility index (Phi) is 2.83. The van der Waals surface area contributed by atoms with Crippen LogP contribution in [-0.4, -0.2) is 20.0 Å². The van der Waals surface area contributed by atoms with Gasteiger partial charge in [0, 0.05) is 0 Å². The molecule has 0 spiro atoms. The summed E-state index contributed by atoms with van der Waals surface area (Å²) in [6.45, 7) is 0. The molecule has 4 nitrogen and oxygen atoms in total. The highest BCUT2D eigenvalue weighted by molar-refractivity contribution is 7.71. The van der Waals surface area contributed by atoms with Crippen LogP contribution in [0.15, 0.2) is 4.99 Å². The van der Waals surface area contributed by atoms with Gasteiger partial charge >= 0.3 is 0 Å². The van der Waals surface area contributed by atoms with Gasteiger partial charge in [0.1, 0.15) is 0 Å². The lowest BCUT2D eigenvalue weighted by Crippen LogP contribution is -1.62. The van der Waals surface area contributed by atoms with Crippen LogP contribution in [0.3, 0.4) is 0 Å². The highest BCUT2D eigenvalue weighted by atomic mass is 32.2. The van der Waals surface area contributed by atoms with Gasteiger partial charge < -0.3 is 0 Å². The summed E-state index contributed by atoms with van der Waals surface area (Å²) in [5.41, 5.74) is 0.465. The van der Waals surface area contributed by atoms with E-state index in [1.165, 1.54) is 0 Å². The molecule has 0 N–H and O–H groups in total. The number of hydrogen-bond donors (Lipinski definition) is 0. The quantitative estimate of drug-likeness (QED) is 0.251. The molecule has 38 valence electrons. The van der Waals surface area contributed by atoms with E-state index in [1.54, 1.807) is 0 Å². The van der Waals surface area contributed by atoms with Crippen LogP contribution in [0.1, 0.15) is 0 Å². The van der Waals surface area contributed by atoms with Gasteiger partial charge in [-0.2, -0.15) is 13.4 Å². The monoisotopic (exact) mass is 119 g/mol. The predicted octanol–water partition coefficient (Wildman–Crippen LogP) is -1.04. The van der Waals surface area contributed by atoms with Crippen molar-refractivity contribution in [2.45, 2.75) is 0 Å². The van der Waals surface area contributed by atoms with Crippen molar-refractivity contribution in [3.8, 4) is 0 Å². The molecule has 0 aliphatic heterocycles. The second kappa shape index (κ2) is 3.27. The van der Waals surface area contributed by atoms with Gasteiger partial charge in [-0.25, -0.2) is 4.79 Å². The average Bonchev–Trinajstić information content (AvgIpc) is 1.61. The average molecular weight is 119 g/mol. The minimum atomic E-state index is -2.37. The molecule has 7 heavy (non-hydrogen) atoms. The van der Waals surface area contributed by atoms with Crippen molar-refractivity contribution in [2.24, 2.45) is 4.99 Å². The zero-order valence-corrected chi connectivity index (χ0v) is 3.97. The molecule has 0 aromatic carbocycles. The van der Waals surface area contributed by atoms with E-state index in [4.69, 9.17) is 4.79 Å². The van der Waals surface area contributed by atoms with Gasteiger partial charge in [0.25, 0.3) is 0 Å². The van der Waals surface area contributed by atoms with Crippen LogP contribution >= 0.6 is 0 Å². The Labute approximate surface area is 41.0 Å². The number of nitrogens with zero attached hydrogens (tertiary/aromatic N) is 1. The maximum atomic E-state index is 9.43. The molecule has 0 atom stereocenters. The molecule has 0 saturated heterocycles. The lowest BCUT2D eigenvalue weighted by atomic mass is 11.4. The van der Waals surface area contributed by atoms with Gasteiger partial charge in [-0.1, -0.05) is 0 Å². The van der Waals surface area contributed by atoms with Crippen molar-refractivity contribution in [1.82, 2.24) is 0 Å². The molecule has 0 unspecified atom stereocenters. The summed E-state index contributed by atoms with van der Waals surface area (Å²) in [5, 5.41) is 0. The van der Waals surface area contributed by atoms with Crippen molar-refractivity contribution in [2.75, 3.05) is 0 Å². The van der Waals surface area contributed by atoms with Gasteiger partial charge in [-0.15, -0.1) is 0 Å². The largest absolute Gasteiger partial charge is 0.240 e. The third-order valence-electron chi connectivity index (χ3n) is 0.191. The van der Waals surface area contributed by atoms with Gasteiger partial charge in [0.05, 0.1) is 0 Å². The van der Waals surface area contributed by atoms with Crippen molar-refractivity contribution in [3.63, 3.8) is 0 Å². The lowest BCUT2D eigenvalue weighted by molar-refractivity contribution is 0.566. The van der Waals surface area contributed by atoms with Crippen LogP contribution in [-0.2, 0) is 15.1 Å². The van der Waals surface area contributed by atoms with Gasteiger partial charge in [0.2, 0.25) is 16.4 Å². The van der Waals surface area contributed by atoms with Crippen LogP contribution in [0.2, 0.25) is 0 Å². The van der Waals surface area contributed by atoms with E-state index in [2.05, 4.69) is 4.99 Å². The summed E-state index contributed by atoms with van der Waals surface area (Å²) in [6.07, 6.45) is 1.03. The lowest BCUT2D eigenvalue weighted by Gasteiger charge is -1.47. The summed E-state index contributed by atoms with van der Waals surface area (Å²) >= 11 is 0. The van der Waals surface area contributed by atoms with Gasteiger partial charge in [-0.05, 0) is 0 Å². The fraction of sp³-hybridized carbons (Fsp3) is 0. The zero-order valence-electron chi connectivity index (χ0n) is 3.16. The van der Waals surface area contributed by atoms with Crippen LogP contribution in [0.5, 0.6) is 0 Å². The first kappa shape index (κ1) is 6.07. The summed E-state index contributed by atoms with van der Waals surface area (Å²) in [7, 11) is -2.37. The number of rotatable bonds is 1. The van der Waals surface area contributed by atoms with E-state index in [9.17, 15) is 8.42 Å². The fourth-order valence-electron chi connectivity index (χ4n) is 0.0645. The topological polar surface area (TPSA) is 63.6 Å². The molecule has 0 aromatic heterocycles. The molecule has 0 amide bonds. The van der Waals surface area contributed by atoms with Crippen LogP contribution in [0.4, 0.5) is 0 Å². The Balaban J connectivity index is 4.27. The highest BCUT2D eigenvalue weighted by Gasteiger charge is 1.59. The molecule has 0 aliphatic rings. The van der Waals surface area contributed by atoms with Crippen LogP contribution in [0.25, 0.3) is 0 Å². The maximum absolute atomic E-state index is 9.43. The predicted molar refractivity (Wildman–Crippen MR) is 23.1 cm³/mol. The fourth-order valence-corrected chi connectivity index (χ4v) is 0.194. The Bertz CT molecular complexity index is 199. The van der Waals surface area contributed by atoms with Gasteiger partial charge in [-0.3, -0.25) is 0 Å².